The van der Waals surface area contributed by atoms with Crippen LogP contribution in [-0.2, 0) is 6.54 Å². The summed E-state index contributed by atoms with van der Waals surface area (Å²) in [5, 5.41) is 17.1. The number of thiazole rings is 1. The molecular weight excluding hydrogens is 358 g/mol. The summed E-state index contributed by atoms with van der Waals surface area (Å²) in [7, 11) is 0. The Morgan fingerprint density at radius 3 is 2.81 bits per heavy atom. The number of aromatic nitrogens is 1. The van der Waals surface area contributed by atoms with Crippen LogP contribution in [0.15, 0.2) is 28.1 Å². The normalized spacial score (nSPS) is 10.2. The van der Waals surface area contributed by atoms with E-state index in [4.69, 9.17) is 5.11 Å². The number of nitrogens with zero attached hydrogens (tertiary/aromatic N) is 1. The molecule has 0 saturated carbocycles. The Morgan fingerprint density at radius 2 is 2.19 bits per heavy atom. The Hall–Kier alpha value is -1.93. The molecule has 0 saturated heterocycles. The van der Waals surface area contributed by atoms with Crippen LogP contribution in [0.25, 0.3) is 0 Å². The number of carboxylic acid groups (broad SMARTS) is 1. The first-order chi connectivity index (χ1) is 9.97. The van der Waals surface area contributed by atoms with Gasteiger partial charge in [-0.1, -0.05) is 6.07 Å². The third kappa shape index (κ3) is 4.02. The van der Waals surface area contributed by atoms with Gasteiger partial charge in [-0.2, -0.15) is 0 Å². The predicted molar refractivity (Wildman–Crippen MR) is 83.8 cm³/mol. The van der Waals surface area contributed by atoms with Gasteiger partial charge in [-0.25, -0.2) is 14.6 Å². The first kappa shape index (κ1) is 15.5. The molecule has 21 heavy (non-hydrogen) atoms. The molecule has 6 nitrogen and oxygen atoms in total. The van der Waals surface area contributed by atoms with E-state index >= 15 is 0 Å². The van der Waals surface area contributed by atoms with Crippen molar-refractivity contribution in [2.75, 3.05) is 5.32 Å². The smallest absolute Gasteiger partial charge is 0.337 e. The van der Waals surface area contributed by atoms with Crippen LogP contribution in [0.4, 0.5) is 10.5 Å². The van der Waals surface area contributed by atoms with Gasteiger partial charge < -0.3 is 15.7 Å². The Morgan fingerprint density at radius 1 is 1.43 bits per heavy atom. The number of carboxylic acids is 1. The molecule has 110 valence electrons. The van der Waals surface area contributed by atoms with E-state index in [0.29, 0.717) is 4.47 Å². The lowest BCUT2D eigenvalue weighted by Crippen LogP contribution is -2.29. The minimum absolute atomic E-state index is 0.0176. The van der Waals surface area contributed by atoms with Crippen LogP contribution >= 0.6 is 27.3 Å². The molecule has 0 aliphatic carbocycles. The summed E-state index contributed by atoms with van der Waals surface area (Å²) in [6, 6.07) is 4.18. The molecule has 1 heterocycles. The number of aryl methyl sites for hydroxylation is 1. The molecule has 0 radical (unpaired) electrons. The number of anilines is 1. The van der Waals surface area contributed by atoms with E-state index in [1.807, 2.05) is 12.3 Å². The standard InChI is InChI=1S/C13H12BrN3O3S/c1-7-16-8(6-21-7)5-15-13(20)17-11-9(12(18)19)3-2-4-10(11)14/h2-4,6H,5H2,1H3,(H,18,19)(H2,15,17,20). The maximum absolute atomic E-state index is 11.9. The fourth-order valence-corrected chi connectivity index (χ4v) is 2.73. The summed E-state index contributed by atoms with van der Waals surface area (Å²) in [6.45, 7) is 2.16. The Kier molecular flexibility index (Phi) is 4.92. The quantitative estimate of drug-likeness (QED) is 0.771. The van der Waals surface area contributed by atoms with Gasteiger partial charge in [-0.3, -0.25) is 0 Å². The number of para-hydroxylation sites is 1. The van der Waals surface area contributed by atoms with Crippen molar-refractivity contribution in [3.63, 3.8) is 0 Å². The zero-order chi connectivity index (χ0) is 15.4. The lowest BCUT2D eigenvalue weighted by Gasteiger charge is -2.11. The molecule has 0 spiro atoms. The number of aromatic carboxylic acids is 1. The maximum Gasteiger partial charge on any atom is 0.337 e. The molecule has 1 aromatic heterocycles. The van der Waals surface area contributed by atoms with Crippen molar-refractivity contribution in [1.29, 1.82) is 0 Å². The second kappa shape index (κ2) is 6.68. The van der Waals surface area contributed by atoms with E-state index in [1.54, 1.807) is 12.1 Å². The van der Waals surface area contributed by atoms with E-state index in [2.05, 4.69) is 31.5 Å². The molecule has 0 aliphatic rings. The van der Waals surface area contributed by atoms with Crippen molar-refractivity contribution in [2.45, 2.75) is 13.5 Å². The second-order valence-corrected chi connectivity index (χ2v) is 6.05. The molecule has 0 atom stereocenters. The summed E-state index contributed by atoms with van der Waals surface area (Å²) in [6.07, 6.45) is 0. The molecule has 2 amide bonds. The van der Waals surface area contributed by atoms with Gasteiger partial charge in [0.2, 0.25) is 0 Å². The lowest BCUT2D eigenvalue weighted by molar-refractivity contribution is 0.0698. The number of amides is 2. The van der Waals surface area contributed by atoms with Crippen LogP contribution in [-0.4, -0.2) is 22.1 Å². The largest absolute Gasteiger partial charge is 0.478 e. The Bertz CT molecular complexity index is 687. The van der Waals surface area contributed by atoms with Crippen molar-refractivity contribution in [3.8, 4) is 0 Å². The molecule has 0 bridgehead atoms. The number of benzene rings is 1. The van der Waals surface area contributed by atoms with E-state index < -0.39 is 12.0 Å². The van der Waals surface area contributed by atoms with Crippen LogP contribution < -0.4 is 10.6 Å². The van der Waals surface area contributed by atoms with E-state index in [1.165, 1.54) is 17.4 Å². The summed E-state index contributed by atoms with van der Waals surface area (Å²) < 4.78 is 0.502. The molecule has 2 aromatic rings. The fourth-order valence-electron chi connectivity index (χ4n) is 1.65. The summed E-state index contributed by atoms with van der Waals surface area (Å²) in [5.41, 5.74) is 0.999. The van der Waals surface area contributed by atoms with Gasteiger partial charge >= 0.3 is 12.0 Å². The predicted octanol–water partition coefficient (Wildman–Crippen LogP) is 3.23. The van der Waals surface area contributed by atoms with E-state index in [-0.39, 0.29) is 17.8 Å². The molecule has 8 heteroatoms. The zero-order valence-corrected chi connectivity index (χ0v) is 13.4. The number of halogens is 1. The summed E-state index contributed by atoms with van der Waals surface area (Å²) in [5.74, 6) is -1.11. The maximum atomic E-state index is 11.9. The summed E-state index contributed by atoms with van der Waals surface area (Å²) >= 11 is 4.73. The SMILES string of the molecule is Cc1nc(CNC(=O)Nc2c(Br)cccc2C(=O)O)cs1. The van der Waals surface area contributed by atoms with Crippen LogP contribution in [0.1, 0.15) is 21.1 Å². The Balaban J connectivity index is 2.04. The zero-order valence-electron chi connectivity index (χ0n) is 11.0. The molecule has 2 rings (SSSR count). The van der Waals surface area contributed by atoms with Gasteiger partial charge in [0.1, 0.15) is 0 Å². The summed E-state index contributed by atoms with van der Waals surface area (Å²) in [4.78, 5) is 27.2. The fraction of sp³-hybridized carbons (Fsp3) is 0.154. The number of urea groups is 1. The minimum Gasteiger partial charge on any atom is -0.478 e. The first-order valence-corrected chi connectivity index (χ1v) is 7.62. The van der Waals surface area contributed by atoms with Gasteiger partial charge in [0, 0.05) is 9.85 Å². The van der Waals surface area contributed by atoms with E-state index in [9.17, 15) is 9.59 Å². The number of rotatable bonds is 4. The molecular formula is C13H12BrN3O3S. The number of nitrogens with one attached hydrogen (secondary N) is 2. The lowest BCUT2D eigenvalue weighted by atomic mass is 10.2. The van der Waals surface area contributed by atoms with Crippen molar-refractivity contribution < 1.29 is 14.7 Å². The van der Waals surface area contributed by atoms with Gasteiger partial charge in [0.15, 0.2) is 0 Å². The monoisotopic (exact) mass is 369 g/mol. The van der Waals surface area contributed by atoms with Crippen LogP contribution in [0.5, 0.6) is 0 Å². The highest BCUT2D eigenvalue weighted by Crippen LogP contribution is 2.26. The number of carbonyl (C=O) groups is 2. The highest BCUT2D eigenvalue weighted by Gasteiger charge is 2.15. The second-order valence-electron chi connectivity index (χ2n) is 4.13. The van der Waals surface area contributed by atoms with Crippen LogP contribution in [0.2, 0.25) is 0 Å². The molecule has 1 aromatic carbocycles. The molecule has 3 N–H and O–H groups in total. The van der Waals surface area contributed by atoms with Gasteiger partial charge in [0.05, 0.1) is 28.5 Å². The van der Waals surface area contributed by atoms with Crippen LogP contribution in [0.3, 0.4) is 0 Å². The number of hydrogen-bond donors (Lipinski definition) is 3. The average Bonchev–Trinajstić information content (AvgIpc) is 2.84. The molecule has 0 unspecified atom stereocenters. The van der Waals surface area contributed by atoms with Crippen molar-refractivity contribution >= 4 is 45.0 Å². The van der Waals surface area contributed by atoms with E-state index in [0.717, 1.165) is 10.7 Å². The first-order valence-electron chi connectivity index (χ1n) is 5.95. The highest BCUT2D eigenvalue weighted by atomic mass is 79.9. The highest BCUT2D eigenvalue weighted by molar-refractivity contribution is 9.10. The Labute approximate surface area is 133 Å². The number of hydrogen-bond acceptors (Lipinski definition) is 4. The minimum atomic E-state index is -1.11. The van der Waals surface area contributed by atoms with Gasteiger partial charge in [0.25, 0.3) is 0 Å². The third-order valence-electron chi connectivity index (χ3n) is 2.58. The van der Waals surface area contributed by atoms with Crippen LogP contribution in [0, 0.1) is 6.92 Å². The van der Waals surface area contributed by atoms with Gasteiger partial charge in [-0.05, 0) is 35.0 Å². The van der Waals surface area contributed by atoms with Crippen molar-refractivity contribution in [3.05, 3.63) is 44.3 Å². The number of carbonyl (C=O) groups excluding carboxylic acids is 1. The van der Waals surface area contributed by atoms with Crippen molar-refractivity contribution in [2.24, 2.45) is 0 Å². The third-order valence-corrected chi connectivity index (χ3v) is 4.06. The van der Waals surface area contributed by atoms with Crippen molar-refractivity contribution in [1.82, 2.24) is 10.3 Å². The van der Waals surface area contributed by atoms with Gasteiger partial charge in [-0.15, -0.1) is 11.3 Å². The average molecular weight is 370 g/mol. The molecule has 0 fully saturated rings. The topological polar surface area (TPSA) is 91.3 Å². The molecule has 0 aliphatic heterocycles.